The van der Waals surface area contributed by atoms with Crippen LogP contribution in [0.1, 0.15) is 12.5 Å². The van der Waals surface area contributed by atoms with Gasteiger partial charge in [-0.05, 0) is 12.5 Å². The molecular weight excluding hydrogens is 261 g/mol. The second-order valence-electron chi connectivity index (χ2n) is 4.35. The third-order valence-electron chi connectivity index (χ3n) is 2.73. The molecule has 1 rings (SSSR count). The van der Waals surface area contributed by atoms with Crippen LogP contribution in [0.4, 0.5) is 4.39 Å². The van der Waals surface area contributed by atoms with Gasteiger partial charge in [-0.3, -0.25) is 9.18 Å². The van der Waals surface area contributed by atoms with Gasteiger partial charge in [-0.15, -0.1) is 0 Å². The number of alkyl halides is 1. The van der Waals surface area contributed by atoms with Gasteiger partial charge in [-0.2, -0.15) is 0 Å². The lowest BCUT2D eigenvalue weighted by atomic mass is 10.2. The van der Waals surface area contributed by atoms with Crippen molar-refractivity contribution in [1.82, 2.24) is 5.32 Å². The van der Waals surface area contributed by atoms with Crippen LogP contribution in [0.3, 0.4) is 0 Å². The number of halogens is 1. The average Bonchev–Trinajstić information content (AvgIpc) is 2.48. The molecule has 0 bridgehead atoms. The fraction of sp³-hybridized carbons (Fsp3) is 0.533. The van der Waals surface area contributed by atoms with E-state index in [2.05, 4.69) is 5.32 Å². The molecule has 4 nitrogen and oxygen atoms in total. The first kappa shape index (κ1) is 16.6. The summed E-state index contributed by atoms with van der Waals surface area (Å²) in [6.45, 7) is 3.17. The smallest absolute Gasteiger partial charge is 0.312 e. The highest BCUT2D eigenvalue weighted by atomic mass is 19.1. The number of esters is 1. The Morgan fingerprint density at radius 3 is 2.75 bits per heavy atom. The lowest BCUT2D eigenvalue weighted by Gasteiger charge is -2.13. The van der Waals surface area contributed by atoms with Crippen LogP contribution in [-0.4, -0.2) is 38.9 Å². The maximum Gasteiger partial charge on any atom is 0.312 e. The van der Waals surface area contributed by atoms with E-state index in [1.807, 2.05) is 30.3 Å². The van der Waals surface area contributed by atoms with Crippen molar-refractivity contribution < 1.29 is 18.7 Å². The SMILES string of the molecule is CCOC(=O)C(CF)CNCCOCc1ccccc1. The molecule has 5 heteroatoms. The van der Waals surface area contributed by atoms with Crippen LogP contribution >= 0.6 is 0 Å². The van der Waals surface area contributed by atoms with Gasteiger partial charge in [0.1, 0.15) is 6.67 Å². The first-order chi connectivity index (χ1) is 9.77. The summed E-state index contributed by atoms with van der Waals surface area (Å²) in [5.41, 5.74) is 1.11. The molecule has 112 valence electrons. The third-order valence-corrected chi connectivity index (χ3v) is 2.73. The molecule has 1 N–H and O–H groups in total. The molecular formula is C15H22FNO3. The lowest BCUT2D eigenvalue weighted by Crippen LogP contribution is -2.33. The summed E-state index contributed by atoms with van der Waals surface area (Å²) in [7, 11) is 0. The summed E-state index contributed by atoms with van der Waals surface area (Å²) >= 11 is 0. The highest BCUT2D eigenvalue weighted by molar-refractivity contribution is 5.72. The van der Waals surface area contributed by atoms with E-state index < -0.39 is 18.6 Å². The first-order valence-corrected chi connectivity index (χ1v) is 6.83. The Bertz CT molecular complexity index is 373. The minimum Gasteiger partial charge on any atom is -0.466 e. The summed E-state index contributed by atoms with van der Waals surface area (Å²) in [6.07, 6.45) is 0. The number of benzene rings is 1. The molecule has 0 fully saturated rings. The number of hydrogen-bond donors (Lipinski definition) is 1. The lowest BCUT2D eigenvalue weighted by molar-refractivity contribution is -0.148. The summed E-state index contributed by atoms with van der Waals surface area (Å²) in [4.78, 5) is 11.3. The molecule has 0 amide bonds. The maximum absolute atomic E-state index is 12.7. The number of carbonyl (C=O) groups is 1. The van der Waals surface area contributed by atoms with Gasteiger partial charge in [0.15, 0.2) is 0 Å². The summed E-state index contributed by atoms with van der Waals surface area (Å²) < 4.78 is 22.9. The quantitative estimate of drug-likeness (QED) is 0.526. The van der Waals surface area contributed by atoms with Crippen LogP contribution in [0.2, 0.25) is 0 Å². The van der Waals surface area contributed by atoms with Gasteiger partial charge in [0.05, 0.1) is 25.7 Å². The van der Waals surface area contributed by atoms with Crippen molar-refractivity contribution >= 4 is 5.97 Å². The Morgan fingerprint density at radius 1 is 1.35 bits per heavy atom. The van der Waals surface area contributed by atoms with Crippen molar-refractivity contribution in [2.24, 2.45) is 5.92 Å². The molecule has 0 radical (unpaired) electrons. The van der Waals surface area contributed by atoms with Crippen molar-refractivity contribution in [3.63, 3.8) is 0 Å². The zero-order chi connectivity index (χ0) is 14.6. The van der Waals surface area contributed by atoms with E-state index in [0.717, 1.165) is 5.56 Å². The molecule has 1 aromatic rings. The van der Waals surface area contributed by atoms with E-state index >= 15 is 0 Å². The Kier molecular flexibility index (Phi) is 8.58. The van der Waals surface area contributed by atoms with Crippen molar-refractivity contribution in [3.8, 4) is 0 Å². The van der Waals surface area contributed by atoms with E-state index in [0.29, 0.717) is 19.8 Å². The van der Waals surface area contributed by atoms with Gasteiger partial charge < -0.3 is 14.8 Å². The predicted molar refractivity (Wildman–Crippen MR) is 75.1 cm³/mol. The summed E-state index contributed by atoms with van der Waals surface area (Å²) in [6, 6.07) is 9.86. The monoisotopic (exact) mass is 283 g/mol. The molecule has 0 heterocycles. The molecule has 1 aromatic carbocycles. The largest absolute Gasteiger partial charge is 0.466 e. The van der Waals surface area contributed by atoms with Crippen molar-refractivity contribution in [2.45, 2.75) is 13.5 Å². The average molecular weight is 283 g/mol. The Balaban J connectivity index is 2.07. The van der Waals surface area contributed by atoms with Gasteiger partial charge in [0.2, 0.25) is 0 Å². The number of nitrogens with one attached hydrogen (secondary N) is 1. The molecule has 0 aliphatic rings. The first-order valence-electron chi connectivity index (χ1n) is 6.83. The van der Waals surface area contributed by atoms with Crippen LogP contribution in [0.15, 0.2) is 30.3 Å². The number of ether oxygens (including phenoxy) is 2. The fourth-order valence-corrected chi connectivity index (χ4v) is 1.65. The second-order valence-corrected chi connectivity index (χ2v) is 4.35. The topological polar surface area (TPSA) is 47.6 Å². The minimum absolute atomic E-state index is 0.268. The molecule has 1 unspecified atom stereocenters. The molecule has 1 atom stereocenters. The molecule has 0 spiro atoms. The number of hydrogen-bond acceptors (Lipinski definition) is 4. The molecule has 0 aromatic heterocycles. The van der Waals surface area contributed by atoms with Gasteiger partial charge in [0, 0.05) is 13.1 Å². The van der Waals surface area contributed by atoms with Gasteiger partial charge >= 0.3 is 5.97 Å². The molecule has 0 aliphatic carbocycles. The van der Waals surface area contributed by atoms with Crippen LogP contribution in [-0.2, 0) is 20.9 Å². The van der Waals surface area contributed by atoms with Crippen LogP contribution in [0.25, 0.3) is 0 Å². The molecule has 0 aliphatic heterocycles. The van der Waals surface area contributed by atoms with Gasteiger partial charge in [-0.1, -0.05) is 30.3 Å². The number of carbonyl (C=O) groups excluding carboxylic acids is 1. The Morgan fingerprint density at radius 2 is 2.10 bits per heavy atom. The zero-order valence-electron chi connectivity index (χ0n) is 11.8. The van der Waals surface area contributed by atoms with Gasteiger partial charge in [-0.25, -0.2) is 0 Å². The zero-order valence-corrected chi connectivity index (χ0v) is 11.8. The normalized spacial score (nSPS) is 12.1. The second kappa shape index (κ2) is 10.3. The summed E-state index contributed by atoms with van der Waals surface area (Å²) in [5, 5.41) is 3.00. The maximum atomic E-state index is 12.7. The van der Waals surface area contributed by atoms with E-state index in [1.165, 1.54) is 0 Å². The van der Waals surface area contributed by atoms with Crippen molar-refractivity contribution in [2.75, 3.05) is 33.0 Å². The van der Waals surface area contributed by atoms with Crippen molar-refractivity contribution in [1.29, 1.82) is 0 Å². The highest BCUT2D eigenvalue weighted by Gasteiger charge is 2.18. The van der Waals surface area contributed by atoms with E-state index in [1.54, 1.807) is 6.92 Å². The summed E-state index contributed by atoms with van der Waals surface area (Å²) in [5.74, 6) is -1.23. The van der Waals surface area contributed by atoms with Gasteiger partial charge in [0.25, 0.3) is 0 Å². The van der Waals surface area contributed by atoms with E-state index in [4.69, 9.17) is 9.47 Å². The van der Waals surface area contributed by atoms with Crippen LogP contribution in [0, 0.1) is 5.92 Å². The minimum atomic E-state index is -0.732. The number of rotatable bonds is 10. The van der Waals surface area contributed by atoms with E-state index in [9.17, 15) is 9.18 Å². The highest BCUT2D eigenvalue weighted by Crippen LogP contribution is 2.01. The van der Waals surface area contributed by atoms with E-state index in [-0.39, 0.29) is 13.2 Å². The Labute approximate surface area is 119 Å². The van der Waals surface area contributed by atoms with Crippen LogP contribution in [0.5, 0.6) is 0 Å². The standard InChI is InChI=1S/C15H22FNO3/c1-2-20-15(18)14(10-16)11-17-8-9-19-12-13-6-4-3-5-7-13/h3-7,14,17H,2,8-12H2,1H3. The molecule has 20 heavy (non-hydrogen) atoms. The Hall–Kier alpha value is -1.46. The predicted octanol–water partition coefficient (Wildman–Crippen LogP) is 1.94. The van der Waals surface area contributed by atoms with Crippen molar-refractivity contribution in [3.05, 3.63) is 35.9 Å². The fourth-order valence-electron chi connectivity index (χ4n) is 1.65. The molecule has 0 saturated heterocycles. The third kappa shape index (κ3) is 6.63. The van der Waals surface area contributed by atoms with Crippen LogP contribution < -0.4 is 5.32 Å². The molecule has 0 saturated carbocycles.